The summed E-state index contributed by atoms with van der Waals surface area (Å²) in [6, 6.07) is 4.42. The zero-order valence-electron chi connectivity index (χ0n) is 9.49. The fourth-order valence-electron chi connectivity index (χ4n) is 2.16. The first-order chi connectivity index (χ1) is 7.65. The first kappa shape index (κ1) is 11.3. The van der Waals surface area contributed by atoms with Gasteiger partial charge in [-0.2, -0.15) is 0 Å². The number of nitrogens with two attached hydrogens (primary N) is 1. The summed E-state index contributed by atoms with van der Waals surface area (Å²) in [5.41, 5.74) is 7.48. The van der Waals surface area contributed by atoms with Crippen LogP contribution in [0.1, 0.15) is 36.9 Å². The van der Waals surface area contributed by atoms with Crippen LogP contribution in [-0.2, 0) is 0 Å². The number of thiocarbonyl (C=S) groups is 1. The van der Waals surface area contributed by atoms with Gasteiger partial charge in [-0.25, -0.2) is 4.98 Å². The lowest BCUT2D eigenvalue weighted by Gasteiger charge is -2.14. The number of pyridine rings is 1. The van der Waals surface area contributed by atoms with Crippen molar-refractivity contribution in [2.75, 3.05) is 5.32 Å². The van der Waals surface area contributed by atoms with E-state index in [0.29, 0.717) is 11.0 Å². The van der Waals surface area contributed by atoms with E-state index in [1.54, 1.807) is 0 Å². The topological polar surface area (TPSA) is 50.9 Å². The number of hydrogen-bond donors (Lipinski definition) is 2. The van der Waals surface area contributed by atoms with Crippen LogP contribution in [0.25, 0.3) is 0 Å². The van der Waals surface area contributed by atoms with E-state index in [1.807, 2.05) is 19.1 Å². The van der Waals surface area contributed by atoms with Crippen LogP contribution >= 0.6 is 12.2 Å². The summed E-state index contributed by atoms with van der Waals surface area (Å²) < 4.78 is 0. The number of anilines is 1. The largest absolute Gasteiger partial charge is 0.389 e. The molecule has 0 radical (unpaired) electrons. The van der Waals surface area contributed by atoms with Gasteiger partial charge in [-0.05, 0) is 31.9 Å². The molecule has 4 heteroatoms. The molecule has 0 amide bonds. The summed E-state index contributed by atoms with van der Waals surface area (Å²) in [6.07, 6.45) is 5.09. The molecule has 1 fully saturated rings. The molecule has 3 N–H and O–H groups in total. The van der Waals surface area contributed by atoms with Crippen LogP contribution in [0.2, 0.25) is 0 Å². The van der Waals surface area contributed by atoms with Crippen molar-refractivity contribution in [2.24, 2.45) is 5.73 Å². The van der Waals surface area contributed by atoms with Crippen molar-refractivity contribution in [3.05, 3.63) is 23.4 Å². The summed E-state index contributed by atoms with van der Waals surface area (Å²) in [4.78, 5) is 4.88. The second-order valence-electron chi connectivity index (χ2n) is 4.37. The molecule has 1 saturated carbocycles. The zero-order chi connectivity index (χ0) is 11.5. The molecule has 1 aromatic heterocycles. The Kier molecular flexibility index (Phi) is 3.39. The van der Waals surface area contributed by atoms with Crippen LogP contribution < -0.4 is 11.1 Å². The van der Waals surface area contributed by atoms with Gasteiger partial charge in [-0.3, -0.25) is 0 Å². The Morgan fingerprint density at radius 1 is 1.44 bits per heavy atom. The maximum absolute atomic E-state index is 5.64. The van der Waals surface area contributed by atoms with Crippen molar-refractivity contribution >= 4 is 23.0 Å². The maximum Gasteiger partial charge on any atom is 0.127 e. The average molecular weight is 235 g/mol. The normalized spacial score (nSPS) is 16.3. The highest BCUT2D eigenvalue weighted by Crippen LogP contribution is 2.22. The Bertz CT molecular complexity index is 397. The fourth-order valence-corrected chi connectivity index (χ4v) is 2.28. The fraction of sp³-hybridized carbons (Fsp3) is 0.500. The van der Waals surface area contributed by atoms with E-state index in [2.05, 4.69) is 10.3 Å². The molecule has 0 aromatic carbocycles. The van der Waals surface area contributed by atoms with Gasteiger partial charge in [-0.1, -0.05) is 25.1 Å². The predicted octanol–water partition coefficient (Wildman–Crippen LogP) is 2.38. The Labute approximate surface area is 101 Å². The van der Waals surface area contributed by atoms with Crippen molar-refractivity contribution in [1.82, 2.24) is 4.98 Å². The van der Waals surface area contributed by atoms with E-state index in [1.165, 1.54) is 25.7 Å². The molecule has 1 aliphatic carbocycles. The number of rotatable bonds is 3. The molecule has 1 aromatic rings. The molecule has 3 nitrogen and oxygen atoms in total. The van der Waals surface area contributed by atoms with Crippen LogP contribution in [0.15, 0.2) is 12.1 Å². The van der Waals surface area contributed by atoms with Crippen molar-refractivity contribution in [3.63, 3.8) is 0 Å². The third-order valence-corrected chi connectivity index (χ3v) is 3.18. The molecule has 1 aliphatic rings. The summed E-state index contributed by atoms with van der Waals surface area (Å²) in [6.45, 7) is 1.96. The quantitative estimate of drug-likeness (QED) is 0.790. The van der Waals surface area contributed by atoms with Gasteiger partial charge >= 0.3 is 0 Å². The Hall–Kier alpha value is -1.16. The summed E-state index contributed by atoms with van der Waals surface area (Å²) in [5.74, 6) is 0.898. The molecule has 0 atom stereocenters. The SMILES string of the molecule is Cc1cc(C(N)=S)cc(NC2CCCC2)n1. The van der Waals surface area contributed by atoms with Crippen LogP contribution in [0.3, 0.4) is 0 Å². The minimum Gasteiger partial charge on any atom is -0.389 e. The summed E-state index contributed by atoms with van der Waals surface area (Å²) in [5, 5.41) is 3.45. The monoisotopic (exact) mass is 235 g/mol. The standard InChI is InChI=1S/C12H17N3S/c1-8-6-9(12(13)16)7-11(14-8)15-10-4-2-3-5-10/h6-7,10H,2-5H2,1H3,(H2,13,16)(H,14,15). The van der Waals surface area contributed by atoms with Crippen molar-refractivity contribution in [2.45, 2.75) is 38.6 Å². The van der Waals surface area contributed by atoms with E-state index in [9.17, 15) is 0 Å². The number of aryl methyl sites for hydroxylation is 1. The van der Waals surface area contributed by atoms with Gasteiger partial charge in [0.25, 0.3) is 0 Å². The van der Waals surface area contributed by atoms with Gasteiger partial charge in [0.05, 0.1) is 0 Å². The molecule has 2 rings (SSSR count). The minimum absolute atomic E-state index is 0.431. The number of nitrogens with one attached hydrogen (secondary N) is 1. The van der Waals surface area contributed by atoms with Gasteiger partial charge in [0, 0.05) is 17.3 Å². The summed E-state index contributed by atoms with van der Waals surface area (Å²) >= 11 is 4.99. The van der Waals surface area contributed by atoms with Gasteiger partial charge < -0.3 is 11.1 Å². The highest BCUT2D eigenvalue weighted by Gasteiger charge is 2.15. The van der Waals surface area contributed by atoms with E-state index in [0.717, 1.165) is 17.1 Å². The van der Waals surface area contributed by atoms with E-state index < -0.39 is 0 Å². The number of aromatic nitrogens is 1. The Morgan fingerprint density at radius 2 is 2.12 bits per heavy atom. The van der Waals surface area contributed by atoms with Gasteiger partial charge in [0.2, 0.25) is 0 Å². The van der Waals surface area contributed by atoms with E-state index in [4.69, 9.17) is 18.0 Å². The Balaban J connectivity index is 2.16. The van der Waals surface area contributed by atoms with Crippen LogP contribution in [0.4, 0.5) is 5.82 Å². The number of nitrogens with zero attached hydrogens (tertiary/aromatic N) is 1. The molecular formula is C12H17N3S. The molecule has 86 valence electrons. The lowest BCUT2D eigenvalue weighted by molar-refractivity contribution is 0.750. The molecule has 0 aliphatic heterocycles. The zero-order valence-corrected chi connectivity index (χ0v) is 10.3. The highest BCUT2D eigenvalue weighted by atomic mass is 32.1. The average Bonchev–Trinajstić information content (AvgIpc) is 2.69. The van der Waals surface area contributed by atoms with Crippen LogP contribution in [-0.4, -0.2) is 16.0 Å². The third-order valence-electron chi connectivity index (χ3n) is 2.95. The van der Waals surface area contributed by atoms with Crippen LogP contribution in [0, 0.1) is 6.92 Å². The predicted molar refractivity (Wildman–Crippen MR) is 70.7 cm³/mol. The molecular weight excluding hydrogens is 218 g/mol. The van der Waals surface area contributed by atoms with Gasteiger partial charge in [0.15, 0.2) is 0 Å². The maximum atomic E-state index is 5.64. The second-order valence-corrected chi connectivity index (χ2v) is 4.81. The van der Waals surface area contributed by atoms with Crippen molar-refractivity contribution in [1.29, 1.82) is 0 Å². The molecule has 0 bridgehead atoms. The third kappa shape index (κ3) is 2.70. The highest BCUT2D eigenvalue weighted by molar-refractivity contribution is 7.80. The first-order valence-electron chi connectivity index (χ1n) is 5.70. The van der Waals surface area contributed by atoms with Crippen molar-refractivity contribution < 1.29 is 0 Å². The van der Waals surface area contributed by atoms with Crippen molar-refractivity contribution in [3.8, 4) is 0 Å². The minimum atomic E-state index is 0.431. The lowest BCUT2D eigenvalue weighted by atomic mass is 10.2. The first-order valence-corrected chi connectivity index (χ1v) is 6.11. The van der Waals surface area contributed by atoms with Gasteiger partial charge in [-0.15, -0.1) is 0 Å². The number of hydrogen-bond acceptors (Lipinski definition) is 3. The van der Waals surface area contributed by atoms with E-state index in [-0.39, 0.29) is 0 Å². The van der Waals surface area contributed by atoms with Gasteiger partial charge in [0.1, 0.15) is 10.8 Å². The molecule has 16 heavy (non-hydrogen) atoms. The molecule has 0 spiro atoms. The molecule has 0 unspecified atom stereocenters. The summed E-state index contributed by atoms with van der Waals surface area (Å²) in [7, 11) is 0. The molecule has 1 heterocycles. The van der Waals surface area contributed by atoms with Crippen LogP contribution in [0.5, 0.6) is 0 Å². The Morgan fingerprint density at radius 3 is 2.75 bits per heavy atom. The van der Waals surface area contributed by atoms with E-state index >= 15 is 0 Å². The lowest BCUT2D eigenvalue weighted by Crippen LogP contribution is -2.17. The smallest absolute Gasteiger partial charge is 0.127 e. The molecule has 0 saturated heterocycles. The second kappa shape index (κ2) is 4.78.